The van der Waals surface area contributed by atoms with Gasteiger partial charge in [-0.2, -0.15) is 0 Å². The summed E-state index contributed by atoms with van der Waals surface area (Å²) < 4.78 is 37.5. The summed E-state index contributed by atoms with van der Waals surface area (Å²) >= 11 is 0. The number of nitrogens with zero attached hydrogens (tertiary/aromatic N) is 2. The second kappa shape index (κ2) is 12.6. The number of hydrogen-bond donors (Lipinski definition) is 0. The van der Waals surface area contributed by atoms with Gasteiger partial charge in [-0.3, -0.25) is 14.2 Å². The van der Waals surface area contributed by atoms with Crippen LogP contribution in [-0.2, 0) is 6.42 Å². The van der Waals surface area contributed by atoms with Gasteiger partial charge in [0, 0.05) is 36.4 Å². The minimum Gasteiger partial charge on any atom is -0.489 e. The summed E-state index contributed by atoms with van der Waals surface area (Å²) in [6.45, 7) is 6.87. The van der Waals surface area contributed by atoms with Gasteiger partial charge in [-0.1, -0.05) is 18.2 Å². The van der Waals surface area contributed by atoms with Crippen LogP contribution in [0.1, 0.15) is 60.4 Å². The average molecular weight is 535 g/mol. The lowest BCUT2D eigenvalue weighted by molar-refractivity contribution is -0.00629. The first-order valence-corrected chi connectivity index (χ1v) is 13.9. The molecule has 0 unspecified atom stereocenters. The van der Waals surface area contributed by atoms with Gasteiger partial charge in [0.25, 0.3) is 0 Å². The van der Waals surface area contributed by atoms with Crippen molar-refractivity contribution in [2.45, 2.75) is 52.1 Å². The molecule has 1 atom stereocenters. The lowest BCUT2D eigenvalue weighted by atomic mass is 9.87. The molecule has 2 aromatic carbocycles. The third-order valence-corrected chi connectivity index (χ3v) is 7.60. The molecule has 0 radical (unpaired) electrons. The van der Waals surface area contributed by atoms with Crippen LogP contribution < -0.4 is 14.4 Å². The molecule has 1 aliphatic carbocycles. The number of ether oxygens (including phenoxy) is 2. The molecular formula is C32H36F2N2O3. The second-order valence-electron chi connectivity index (χ2n) is 10.3. The van der Waals surface area contributed by atoms with E-state index in [-0.39, 0.29) is 18.5 Å². The summed E-state index contributed by atoms with van der Waals surface area (Å²) in [6.07, 6.45) is 6.15. The van der Waals surface area contributed by atoms with E-state index in [1.54, 1.807) is 12.1 Å². The number of aromatic nitrogens is 1. The maximum absolute atomic E-state index is 13.0. The number of likely N-dealkylation sites (tertiary alicyclic amines) is 1. The highest BCUT2D eigenvalue weighted by atomic mass is 19.3. The third kappa shape index (κ3) is 6.25. The molecule has 206 valence electrons. The highest BCUT2D eigenvalue weighted by Gasteiger charge is 2.25. The SMILES string of the molecule is CCOc1cc(C)c(C2=C(c3ccc(O[C@H]4CCN(CCCF)C4)cc3)c3ccc(OF)cc3CCC2)cn1. The Morgan fingerprint density at radius 3 is 2.59 bits per heavy atom. The van der Waals surface area contributed by atoms with E-state index in [2.05, 4.69) is 33.9 Å². The quantitative estimate of drug-likeness (QED) is 0.276. The summed E-state index contributed by atoms with van der Waals surface area (Å²) in [4.78, 5) is 10.9. The average Bonchev–Trinajstić information content (AvgIpc) is 3.31. The lowest BCUT2D eigenvalue weighted by Gasteiger charge is -2.19. The molecular weight excluding hydrogens is 498 g/mol. The molecule has 1 aromatic heterocycles. The minimum absolute atomic E-state index is 0.112. The molecule has 2 aliphatic rings. The molecule has 5 rings (SSSR count). The van der Waals surface area contributed by atoms with Gasteiger partial charge in [-0.25, -0.2) is 4.98 Å². The van der Waals surface area contributed by atoms with Gasteiger partial charge in [0.1, 0.15) is 11.9 Å². The number of hydrogen-bond acceptors (Lipinski definition) is 5. The molecule has 1 aliphatic heterocycles. The summed E-state index contributed by atoms with van der Waals surface area (Å²) in [5.41, 5.74) is 7.73. The van der Waals surface area contributed by atoms with Crippen LogP contribution in [0.25, 0.3) is 11.1 Å². The minimum atomic E-state index is -0.279. The van der Waals surface area contributed by atoms with E-state index in [0.717, 1.165) is 84.5 Å². The predicted octanol–water partition coefficient (Wildman–Crippen LogP) is 7.16. The molecule has 0 spiro atoms. The van der Waals surface area contributed by atoms with E-state index in [4.69, 9.17) is 9.47 Å². The Morgan fingerprint density at radius 2 is 1.85 bits per heavy atom. The van der Waals surface area contributed by atoms with Crippen molar-refractivity contribution in [3.05, 3.63) is 82.5 Å². The Balaban J connectivity index is 1.50. The highest BCUT2D eigenvalue weighted by molar-refractivity contribution is 6.00. The summed E-state index contributed by atoms with van der Waals surface area (Å²) in [5.74, 6) is 1.67. The molecule has 0 amide bonds. The van der Waals surface area contributed by atoms with Crippen molar-refractivity contribution in [1.29, 1.82) is 0 Å². The number of rotatable bonds is 10. The summed E-state index contributed by atoms with van der Waals surface area (Å²) in [5, 5.41) is 0. The fraction of sp³-hybridized carbons (Fsp3) is 0.406. The molecule has 1 fully saturated rings. The topological polar surface area (TPSA) is 43.8 Å². The summed E-state index contributed by atoms with van der Waals surface area (Å²) in [7, 11) is 0. The fourth-order valence-corrected chi connectivity index (χ4v) is 5.76. The monoisotopic (exact) mass is 534 g/mol. The van der Waals surface area contributed by atoms with Gasteiger partial charge in [0.15, 0.2) is 5.75 Å². The molecule has 0 bridgehead atoms. The normalized spacial score (nSPS) is 17.6. The standard InChI is InChI=1S/C32H36F2N2O3/c1-3-37-31-18-22(2)30(20-35-31)29-7-4-6-24-19-26(39-34)12-13-28(24)32(29)23-8-10-25(11-9-23)38-27-14-17-36(21-27)16-5-15-33/h8-13,18-20,27H,3-7,14-17,21H2,1-2H3/t27-/m0/s1. The van der Waals surface area contributed by atoms with E-state index in [9.17, 15) is 8.92 Å². The number of alkyl halides is 1. The van der Waals surface area contributed by atoms with Gasteiger partial charge >= 0.3 is 0 Å². The third-order valence-electron chi connectivity index (χ3n) is 7.60. The van der Waals surface area contributed by atoms with Gasteiger partial charge in [0.05, 0.1) is 13.3 Å². The molecule has 2 heterocycles. The smallest absolute Gasteiger partial charge is 0.213 e. The van der Waals surface area contributed by atoms with E-state index >= 15 is 0 Å². The molecule has 7 heteroatoms. The number of aryl methyl sites for hydroxylation is 2. The van der Waals surface area contributed by atoms with Gasteiger partial charge in [-0.15, -0.1) is 0 Å². The van der Waals surface area contributed by atoms with Crippen LogP contribution in [0.5, 0.6) is 17.4 Å². The molecule has 0 saturated carbocycles. The zero-order valence-electron chi connectivity index (χ0n) is 22.7. The van der Waals surface area contributed by atoms with Crippen LogP contribution in [0.4, 0.5) is 8.92 Å². The van der Waals surface area contributed by atoms with Crippen LogP contribution in [0.15, 0.2) is 54.7 Å². The second-order valence-corrected chi connectivity index (χ2v) is 10.3. The van der Waals surface area contributed by atoms with Crippen molar-refractivity contribution in [3.63, 3.8) is 0 Å². The van der Waals surface area contributed by atoms with Crippen molar-refractivity contribution < 1.29 is 23.3 Å². The van der Waals surface area contributed by atoms with Crippen LogP contribution in [-0.4, -0.2) is 48.9 Å². The Labute approximate surface area is 229 Å². The molecule has 5 nitrogen and oxygen atoms in total. The van der Waals surface area contributed by atoms with E-state index in [0.29, 0.717) is 18.9 Å². The van der Waals surface area contributed by atoms with Gasteiger partial charge in [0.2, 0.25) is 5.88 Å². The molecule has 3 aromatic rings. The maximum atomic E-state index is 13.0. The number of fused-ring (bicyclic) bond motifs is 1. The van der Waals surface area contributed by atoms with Crippen LogP contribution in [0.3, 0.4) is 0 Å². The molecule has 1 saturated heterocycles. The zero-order valence-corrected chi connectivity index (χ0v) is 22.7. The van der Waals surface area contributed by atoms with Crippen molar-refractivity contribution in [2.75, 3.05) is 32.9 Å². The van der Waals surface area contributed by atoms with Crippen LogP contribution in [0.2, 0.25) is 0 Å². The first-order chi connectivity index (χ1) is 19.1. The maximum Gasteiger partial charge on any atom is 0.213 e. The number of pyridine rings is 1. The van der Waals surface area contributed by atoms with E-state index < -0.39 is 0 Å². The number of allylic oxidation sites excluding steroid dienone is 1. The van der Waals surface area contributed by atoms with Gasteiger partial charge in [-0.05, 0) is 109 Å². The van der Waals surface area contributed by atoms with Crippen molar-refractivity contribution in [1.82, 2.24) is 9.88 Å². The highest BCUT2D eigenvalue weighted by Crippen LogP contribution is 2.42. The van der Waals surface area contributed by atoms with Crippen LogP contribution in [0, 0.1) is 6.92 Å². The van der Waals surface area contributed by atoms with Crippen molar-refractivity contribution in [2.24, 2.45) is 0 Å². The Bertz CT molecular complexity index is 1310. The summed E-state index contributed by atoms with van der Waals surface area (Å²) in [6, 6.07) is 15.7. The lowest BCUT2D eigenvalue weighted by Crippen LogP contribution is -2.26. The van der Waals surface area contributed by atoms with Crippen LogP contribution >= 0.6 is 0 Å². The number of benzene rings is 2. The largest absolute Gasteiger partial charge is 0.489 e. The number of halogens is 2. The predicted molar refractivity (Wildman–Crippen MR) is 150 cm³/mol. The van der Waals surface area contributed by atoms with E-state index in [1.807, 2.05) is 37.4 Å². The molecule has 39 heavy (non-hydrogen) atoms. The fourth-order valence-electron chi connectivity index (χ4n) is 5.76. The first-order valence-electron chi connectivity index (χ1n) is 13.9. The van der Waals surface area contributed by atoms with Crippen molar-refractivity contribution in [3.8, 4) is 17.4 Å². The van der Waals surface area contributed by atoms with E-state index in [1.165, 1.54) is 5.57 Å². The Kier molecular flexibility index (Phi) is 8.77. The Hall–Kier alpha value is -3.45. The van der Waals surface area contributed by atoms with Crippen molar-refractivity contribution >= 4 is 11.1 Å². The Morgan fingerprint density at radius 1 is 1.03 bits per heavy atom. The first kappa shape index (κ1) is 27.1. The van der Waals surface area contributed by atoms with Gasteiger partial charge < -0.3 is 9.47 Å². The zero-order chi connectivity index (χ0) is 27.2. The molecule has 0 N–H and O–H groups in total.